The fraction of sp³-hybridized carbons (Fsp3) is 0.286. The maximum atomic E-state index is 13.2. The van der Waals surface area contributed by atoms with Crippen molar-refractivity contribution in [2.45, 2.75) is 39.3 Å². The molecule has 4 heterocycles. The number of anilines is 1. The zero-order valence-electron chi connectivity index (χ0n) is 26.9. The Bertz CT molecular complexity index is 2110. The molecule has 2 amide bonds. The average Bonchev–Trinajstić information content (AvgIpc) is 3.77. The van der Waals surface area contributed by atoms with Crippen LogP contribution < -0.4 is 15.4 Å². The van der Waals surface area contributed by atoms with Crippen molar-refractivity contribution < 1.29 is 19.4 Å². The van der Waals surface area contributed by atoms with Gasteiger partial charge in [0, 0.05) is 49.3 Å². The number of thiazole rings is 1. The third-order valence-electron chi connectivity index (χ3n) is 8.20. The lowest BCUT2D eigenvalue weighted by Crippen LogP contribution is -2.35. The number of para-hydroxylation sites is 1. The first-order valence-electron chi connectivity index (χ1n) is 15.7. The number of carbonyl (C=O) groups is 1. The Kier molecular flexibility index (Phi) is 8.73. The quantitative estimate of drug-likeness (QED) is 0.153. The summed E-state index contributed by atoms with van der Waals surface area (Å²) in [7, 11) is 0. The molecule has 0 spiro atoms. The van der Waals surface area contributed by atoms with E-state index >= 15 is 0 Å². The number of benzene rings is 3. The summed E-state index contributed by atoms with van der Waals surface area (Å²) in [4.78, 5) is 21.2. The Labute approximate surface area is 286 Å². The number of amides is 2. The molecular formula is C35H36ClN7O4S. The number of halogens is 1. The van der Waals surface area contributed by atoms with Crippen LogP contribution in [0.5, 0.6) is 17.2 Å². The number of morpholine rings is 1. The first-order valence-corrected chi connectivity index (χ1v) is 16.9. The molecular weight excluding hydrogens is 650 g/mol. The molecule has 0 saturated carbocycles. The predicted molar refractivity (Wildman–Crippen MR) is 188 cm³/mol. The summed E-state index contributed by atoms with van der Waals surface area (Å²) in [6.45, 7) is 10.5. The van der Waals surface area contributed by atoms with Gasteiger partial charge < -0.3 is 19.9 Å². The molecule has 6 aromatic rings. The van der Waals surface area contributed by atoms with Crippen LogP contribution in [0.4, 0.5) is 10.6 Å². The third-order valence-corrected chi connectivity index (χ3v) is 9.52. The standard InChI is InChI=1S/C35H36ClN7O4S/c1-35(2,3)31-18-32(43(40-31)23-8-11-28(44)26(36)16-23)39-33(45)37-19-22-6-4-5-7-29(22)47-25-9-10-27-30(17-25)48-34-38-20-24(42(27)34)21-41-12-14-46-15-13-41/h4-11,16-18,20,44H,12-15,19,21H2,1-3H3,(H2,37,39,45). The van der Waals surface area contributed by atoms with Crippen molar-refractivity contribution in [3.8, 4) is 22.9 Å². The van der Waals surface area contributed by atoms with Gasteiger partial charge in [-0.3, -0.25) is 14.6 Å². The molecule has 48 heavy (non-hydrogen) atoms. The van der Waals surface area contributed by atoms with E-state index in [4.69, 9.17) is 26.2 Å². The van der Waals surface area contributed by atoms with Crippen LogP contribution in [-0.2, 0) is 23.2 Å². The number of phenolic OH excluding ortho intramolecular Hbond substituents is 1. The molecule has 248 valence electrons. The Morgan fingerprint density at radius 1 is 1.08 bits per heavy atom. The molecule has 7 rings (SSSR count). The van der Waals surface area contributed by atoms with Gasteiger partial charge in [-0.05, 0) is 36.4 Å². The van der Waals surface area contributed by atoms with E-state index in [1.54, 1.807) is 28.2 Å². The van der Waals surface area contributed by atoms with Gasteiger partial charge in [0.15, 0.2) is 4.96 Å². The van der Waals surface area contributed by atoms with Crippen molar-refractivity contribution in [3.63, 3.8) is 0 Å². The van der Waals surface area contributed by atoms with E-state index in [9.17, 15) is 9.90 Å². The second-order valence-corrected chi connectivity index (χ2v) is 14.1. The molecule has 3 aromatic carbocycles. The summed E-state index contributed by atoms with van der Waals surface area (Å²) in [5, 5.41) is 20.7. The van der Waals surface area contributed by atoms with Gasteiger partial charge in [0.1, 0.15) is 23.1 Å². The molecule has 0 unspecified atom stereocenters. The van der Waals surface area contributed by atoms with Crippen LogP contribution in [-0.4, -0.2) is 61.5 Å². The number of hydrogen-bond donors (Lipinski definition) is 3. The van der Waals surface area contributed by atoms with Crippen LogP contribution in [0.2, 0.25) is 5.02 Å². The SMILES string of the molecule is CC(C)(C)c1cc(NC(=O)NCc2ccccc2Oc2ccc3c(c2)sc2ncc(CN4CCOCC4)n23)n(-c2ccc(O)c(Cl)c2)n1. The first kappa shape index (κ1) is 32.0. The van der Waals surface area contributed by atoms with E-state index < -0.39 is 6.03 Å². The molecule has 1 fully saturated rings. The molecule has 3 N–H and O–H groups in total. The van der Waals surface area contributed by atoms with E-state index in [0.717, 1.165) is 65.0 Å². The number of rotatable bonds is 8. The Balaban J connectivity index is 1.06. The summed E-state index contributed by atoms with van der Waals surface area (Å²) in [6, 6.07) is 19.9. The number of nitrogens with one attached hydrogen (secondary N) is 2. The Morgan fingerprint density at radius 2 is 1.90 bits per heavy atom. The number of nitrogens with zero attached hydrogens (tertiary/aromatic N) is 5. The van der Waals surface area contributed by atoms with Crippen LogP contribution in [0.15, 0.2) is 72.9 Å². The fourth-order valence-electron chi connectivity index (χ4n) is 5.59. The van der Waals surface area contributed by atoms with Gasteiger partial charge >= 0.3 is 6.03 Å². The van der Waals surface area contributed by atoms with Crippen molar-refractivity contribution in [1.82, 2.24) is 29.4 Å². The lowest BCUT2D eigenvalue weighted by Gasteiger charge is -2.26. The zero-order valence-corrected chi connectivity index (χ0v) is 28.4. The molecule has 0 bridgehead atoms. The first-order chi connectivity index (χ1) is 23.1. The molecule has 0 aliphatic carbocycles. The molecule has 0 atom stereocenters. The number of fused-ring (bicyclic) bond motifs is 3. The third kappa shape index (κ3) is 6.70. The number of imidazole rings is 1. The topological polar surface area (TPSA) is 118 Å². The predicted octanol–water partition coefficient (Wildman–Crippen LogP) is 7.34. The number of ether oxygens (including phenoxy) is 2. The highest BCUT2D eigenvalue weighted by Crippen LogP contribution is 2.34. The average molecular weight is 686 g/mol. The minimum Gasteiger partial charge on any atom is -0.506 e. The van der Waals surface area contributed by atoms with Gasteiger partial charge in [-0.25, -0.2) is 14.5 Å². The highest BCUT2D eigenvalue weighted by molar-refractivity contribution is 7.23. The zero-order chi connectivity index (χ0) is 33.4. The highest BCUT2D eigenvalue weighted by Gasteiger charge is 2.22. The van der Waals surface area contributed by atoms with Crippen LogP contribution >= 0.6 is 22.9 Å². The summed E-state index contributed by atoms with van der Waals surface area (Å²) in [5.74, 6) is 1.78. The van der Waals surface area contributed by atoms with Gasteiger partial charge in [0.25, 0.3) is 0 Å². The van der Waals surface area contributed by atoms with Crippen molar-refractivity contribution in [3.05, 3.63) is 94.9 Å². The van der Waals surface area contributed by atoms with Crippen molar-refractivity contribution in [1.29, 1.82) is 0 Å². The van der Waals surface area contributed by atoms with Crippen molar-refractivity contribution in [2.24, 2.45) is 0 Å². The van der Waals surface area contributed by atoms with Gasteiger partial charge in [0.05, 0.1) is 51.7 Å². The number of aromatic nitrogens is 4. The highest BCUT2D eigenvalue weighted by atomic mass is 35.5. The Morgan fingerprint density at radius 3 is 2.69 bits per heavy atom. The van der Waals surface area contributed by atoms with Gasteiger partial charge in [0.2, 0.25) is 0 Å². The normalized spacial score (nSPS) is 14.1. The van der Waals surface area contributed by atoms with Gasteiger partial charge in [-0.2, -0.15) is 5.10 Å². The second kappa shape index (κ2) is 13.1. The van der Waals surface area contributed by atoms with Crippen LogP contribution in [0.3, 0.4) is 0 Å². The van der Waals surface area contributed by atoms with E-state index in [-0.39, 0.29) is 22.7 Å². The Hall–Kier alpha value is -4.62. The molecule has 11 nitrogen and oxygen atoms in total. The van der Waals surface area contributed by atoms with E-state index in [1.807, 2.05) is 69.4 Å². The molecule has 1 saturated heterocycles. The molecule has 1 aliphatic heterocycles. The minimum atomic E-state index is -0.410. The maximum Gasteiger partial charge on any atom is 0.320 e. The largest absolute Gasteiger partial charge is 0.506 e. The monoisotopic (exact) mass is 685 g/mol. The molecule has 3 aromatic heterocycles. The van der Waals surface area contributed by atoms with Crippen molar-refractivity contribution >= 4 is 50.0 Å². The number of urea groups is 1. The smallest absolute Gasteiger partial charge is 0.320 e. The maximum absolute atomic E-state index is 13.2. The molecule has 13 heteroatoms. The fourth-order valence-corrected chi connectivity index (χ4v) is 6.82. The summed E-state index contributed by atoms with van der Waals surface area (Å²) < 4.78 is 16.8. The van der Waals surface area contributed by atoms with Crippen LogP contribution in [0, 0.1) is 0 Å². The number of phenols is 1. The van der Waals surface area contributed by atoms with Gasteiger partial charge in [-0.1, -0.05) is 61.9 Å². The summed E-state index contributed by atoms with van der Waals surface area (Å²) in [6.07, 6.45) is 1.96. The van der Waals surface area contributed by atoms with Crippen molar-refractivity contribution in [2.75, 3.05) is 31.6 Å². The van der Waals surface area contributed by atoms with Gasteiger partial charge in [-0.15, -0.1) is 0 Å². The number of aromatic hydroxyl groups is 1. The van der Waals surface area contributed by atoms with Crippen LogP contribution in [0.25, 0.3) is 20.9 Å². The minimum absolute atomic E-state index is 0.0316. The van der Waals surface area contributed by atoms with E-state index in [0.29, 0.717) is 23.0 Å². The summed E-state index contributed by atoms with van der Waals surface area (Å²) >= 11 is 7.81. The number of hydrogen-bond acceptors (Lipinski definition) is 8. The molecule has 0 radical (unpaired) electrons. The lowest BCUT2D eigenvalue weighted by molar-refractivity contribution is 0.0336. The van der Waals surface area contributed by atoms with E-state index in [1.165, 1.54) is 6.07 Å². The molecule has 1 aliphatic rings. The lowest BCUT2D eigenvalue weighted by atomic mass is 9.92. The second-order valence-electron chi connectivity index (χ2n) is 12.7. The van der Waals surface area contributed by atoms with E-state index in [2.05, 4.69) is 31.0 Å². The van der Waals surface area contributed by atoms with Crippen LogP contribution in [0.1, 0.15) is 37.7 Å². The summed E-state index contributed by atoms with van der Waals surface area (Å²) in [5.41, 5.74) is 4.19. The number of carbonyl (C=O) groups excluding carboxylic acids is 1.